The van der Waals surface area contributed by atoms with Crippen LogP contribution >= 0.6 is 23.6 Å². The molecule has 0 aliphatic rings. The summed E-state index contributed by atoms with van der Waals surface area (Å²) in [5, 5.41) is 10.3. The molecule has 0 unspecified atom stereocenters. The highest BCUT2D eigenvalue weighted by molar-refractivity contribution is 7.80. The first-order valence-electron chi connectivity index (χ1n) is 7.68. The molecule has 3 aromatic rings. The Morgan fingerprint density at radius 2 is 1.96 bits per heavy atom. The molecule has 0 saturated carbocycles. The van der Waals surface area contributed by atoms with Crippen molar-refractivity contribution >= 4 is 46.2 Å². The predicted octanol–water partition coefficient (Wildman–Crippen LogP) is 3.40. The maximum atomic E-state index is 12.2. The van der Waals surface area contributed by atoms with Gasteiger partial charge in [0.15, 0.2) is 5.11 Å². The van der Waals surface area contributed by atoms with Crippen LogP contribution in [-0.4, -0.2) is 16.9 Å². The number of furan rings is 1. The molecule has 2 aromatic heterocycles. The number of rotatable bonds is 5. The number of thiocarbonyl (C=S) groups is 1. The highest BCUT2D eigenvalue weighted by atomic mass is 32.1. The first-order valence-corrected chi connectivity index (χ1v) is 8.97. The average molecular weight is 385 g/mol. The van der Waals surface area contributed by atoms with Gasteiger partial charge in [-0.05, 0) is 54.0 Å². The van der Waals surface area contributed by atoms with Gasteiger partial charge in [0.25, 0.3) is 11.8 Å². The average Bonchev–Trinajstić information content (AvgIpc) is 3.33. The van der Waals surface area contributed by atoms with E-state index in [1.54, 1.807) is 54.8 Å². The van der Waals surface area contributed by atoms with Crippen LogP contribution in [0.2, 0.25) is 0 Å². The molecule has 0 bridgehead atoms. The van der Waals surface area contributed by atoms with E-state index in [0.717, 1.165) is 0 Å². The maximum Gasteiger partial charge on any atom is 0.267 e. The number of hydrogen-bond donors (Lipinski definition) is 3. The molecule has 6 nitrogen and oxygen atoms in total. The Labute approximate surface area is 159 Å². The van der Waals surface area contributed by atoms with Crippen molar-refractivity contribution in [1.82, 2.24) is 10.6 Å². The normalized spacial score (nSPS) is 10.2. The van der Waals surface area contributed by atoms with Crippen molar-refractivity contribution in [3.05, 3.63) is 76.4 Å². The van der Waals surface area contributed by atoms with Gasteiger partial charge in [-0.25, -0.2) is 0 Å². The SMILES string of the molecule is O=C(NCc1ccco1)c1cccc(NC(=S)NC(=O)c2cccs2)c1. The Kier molecular flexibility index (Phi) is 5.77. The van der Waals surface area contributed by atoms with Crippen LogP contribution in [-0.2, 0) is 6.54 Å². The summed E-state index contributed by atoms with van der Waals surface area (Å²) in [6, 6.07) is 13.9. The first-order chi connectivity index (χ1) is 12.6. The second kappa shape index (κ2) is 8.41. The van der Waals surface area contributed by atoms with Crippen LogP contribution in [0.25, 0.3) is 0 Å². The summed E-state index contributed by atoms with van der Waals surface area (Å²) in [6.07, 6.45) is 1.55. The summed E-state index contributed by atoms with van der Waals surface area (Å²) in [5.41, 5.74) is 1.07. The van der Waals surface area contributed by atoms with Crippen LogP contribution in [0.5, 0.6) is 0 Å². The van der Waals surface area contributed by atoms with E-state index in [9.17, 15) is 9.59 Å². The first kappa shape index (κ1) is 17.8. The molecule has 0 fully saturated rings. The Hall–Kier alpha value is -2.97. The molecule has 2 amide bonds. The number of carbonyl (C=O) groups excluding carboxylic acids is 2. The number of nitrogens with one attached hydrogen (secondary N) is 3. The van der Waals surface area contributed by atoms with Crippen molar-refractivity contribution in [3.8, 4) is 0 Å². The van der Waals surface area contributed by atoms with E-state index in [-0.39, 0.29) is 16.9 Å². The molecule has 0 aliphatic carbocycles. The molecule has 0 spiro atoms. The van der Waals surface area contributed by atoms with Gasteiger partial charge in [0.2, 0.25) is 0 Å². The molecule has 3 rings (SSSR count). The van der Waals surface area contributed by atoms with E-state index in [1.165, 1.54) is 11.3 Å². The highest BCUT2D eigenvalue weighted by Crippen LogP contribution is 2.12. The van der Waals surface area contributed by atoms with Gasteiger partial charge >= 0.3 is 0 Å². The monoisotopic (exact) mass is 385 g/mol. The molecule has 26 heavy (non-hydrogen) atoms. The summed E-state index contributed by atoms with van der Waals surface area (Å²) < 4.78 is 5.18. The molecule has 0 radical (unpaired) electrons. The van der Waals surface area contributed by atoms with Gasteiger partial charge < -0.3 is 15.1 Å². The third-order valence-corrected chi connectivity index (χ3v) is 4.43. The van der Waals surface area contributed by atoms with Crippen LogP contribution in [0.15, 0.2) is 64.6 Å². The van der Waals surface area contributed by atoms with Crippen molar-refractivity contribution in [2.24, 2.45) is 0 Å². The van der Waals surface area contributed by atoms with Crippen molar-refractivity contribution in [1.29, 1.82) is 0 Å². The van der Waals surface area contributed by atoms with Crippen LogP contribution in [0.3, 0.4) is 0 Å². The molecule has 1 aromatic carbocycles. The van der Waals surface area contributed by atoms with Crippen LogP contribution in [0.1, 0.15) is 25.8 Å². The van der Waals surface area contributed by atoms with Gasteiger partial charge in [-0.15, -0.1) is 11.3 Å². The predicted molar refractivity (Wildman–Crippen MR) is 104 cm³/mol. The lowest BCUT2D eigenvalue weighted by Gasteiger charge is -2.10. The fourth-order valence-electron chi connectivity index (χ4n) is 2.16. The van der Waals surface area contributed by atoms with Gasteiger partial charge in [-0.2, -0.15) is 0 Å². The molecule has 3 N–H and O–H groups in total. The summed E-state index contributed by atoms with van der Waals surface area (Å²) in [5.74, 6) is 0.161. The fourth-order valence-corrected chi connectivity index (χ4v) is 2.99. The molecule has 0 aliphatic heterocycles. The number of hydrogen-bond acceptors (Lipinski definition) is 5. The van der Waals surface area contributed by atoms with E-state index < -0.39 is 0 Å². The summed E-state index contributed by atoms with van der Waals surface area (Å²) in [7, 11) is 0. The molecular weight excluding hydrogens is 370 g/mol. The zero-order valence-electron chi connectivity index (χ0n) is 13.5. The van der Waals surface area contributed by atoms with E-state index in [4.69, 9.17) is 16.6 Å². The lowest BCUT2D eigenvalue weighted by atomic mass is 10.2. The number of carbonyl (C=O) groups is 2. The van der Waals surface area contributed by atoms with Crippen molar-refractivity contribution in [2.75, 3.05) is 5.32 Å². The number of anilines is 1. The van der Waals surface area contributed by atoms with Gasteiger partial charge in [0.05, 0.1) is 17.7 Å². The number of thiophene rings is 1. The Morgan fingerprint density at radius 3 is 2.69 bits per heavy atom. The minimum Gasteiger partial charge on any atom is -0.467 e. The van der Waals surface area contributed by atoms with Crippen LogP contribution in [0, 0.1) is 0 Å². The largest absolute Gasteiger partial charge is 0.467 e. The van der Waals surface area contributed by atoms with Crippen molar-refractivity contribution in [2.45, 2.75) is 6.54 Å². The standard InChI is InChI=1S/C18H15N3O3S2/c22-16(19-11-14-6-2-8-24-14)12-4-1-5-13(10-12)20-18(25)21-17(23)15-7-3-9-26-15/h1-10H,11H2,(H,19,22)(H2,20,21,23,25). The minimum absolute atomic E-state index is 0.163. The Bertz CT molecular complexity index is 906. The molecule has 2 heterocycles. The lowest BCUT2D eigenvalue weighted by molar-refractivity contribution is 0.0946. The highest BCUT2D eigenvalue weighted by Gasteiger charge is 2.10. The minimum atomic E-state index is -0.273. The summed E-state index contributed by atoms with van der Waals surface area (Å²) >= 11 is 6.48. The van der Waals surface area contributed by atoms with E-state index >= 15 is 0 Å². The quantitative estimate of drug-likeness (QED) is 0.587. The molecule has 132 valence electrons. The zero-order valence-corrected chi connectivity index (χ0v) is 15.2. The molecular formula is C18H15N3O3S2. The fraction of sp³-hybridized carbons (Fsp3) is 0.0556. The number of amides is 2. The molecule has 0 atom stereocenters. The van der Waals surface area contributed by atoms with Gasteiger partial charge in [0, 0.05) is 11.3 Å². The maximum absolute atomic E-state index is 12.2. The number of benzene rings is 1. The summed E-state index contributed by atoms with van der Waals surface area (Å²) in [4.78, 5) is 24.8. The second-order valence-electron chi connectivity index (χ2n) is 5.23. The van der Waals surface area contributed by atoms with Crippen LogP contribution < -0.4 is 16.0 Å². The zero-order chi connectivity index (χ0) is 18.4. The summed E-state index contributed by atoms with van der Waals surface area (Å²) in [6.45, 7) is 0.304. The van der Waals surface area contributed by atoms with Crippen molar-refractivity contribution in [3.63, 3.8) is 0 Å². The third kappa shape index (κ3) is 4.78. The lowest BCUT2D eigenvalue weighted by Crippen LogP contribution is -2.33. The second-order valence-corrected chi connectivity index (χ2v) is 6.58. The van der Waals surface area contributed by atoms with Gasteiger partial charge in [-0.1, -0.05) is 12.1 Å². The molecule has 8 heteroatoms. The van der Waals surface area contributed by atoms with E-state index in [2.05, 4.69) is 16.0 Å². The topological polar surface area (TPSA) is 83.4 Å². The Balaban J connectivity index is 1.57. The van der Waals surface area contributed by atoms with Gasteiger partial charge in [-0.3, -0.25) is 14.9 Å². The smallest absolute Gasteiger partial charge is 0.267 e. The van der Waals surface area contributed by atoms with E-state index in [1.807, 2.05) is 5.38 Å². The van der Waals surface area contributed by atoms with E-state index in [0.29, 0.717) is 28.4 Å². The Morgan fingerprint density at radius 1 is 1.08 bits per heavy atom. The van der Waals surface area contributed by atoms with Gasteiger partial charge in [0.1, 0.15) is 5.76 Å². The molecule has 0 saturated heterocycles. The van der Waals surface area contributed by atoms with Crippen LogP contribution in [0.4, 0.5) is 5.69 Å². The van der Waals surface area contributed by atoms with Crippen molar-refractivity contribution < 1.29 is 14.0 Å². The third-order valence-electron chi connectivity index (χ3n) is 3.36.